The van der Waals surface area contributed by atoms with Gasteiger partial charge in [-0.05, 0) is 0 Å². The van der Waals surface area contributed by atoms with E-state index in [1.165, 1.54) is 35.6 Å². The third-order valence-corrected chi connectivity index (χ3v) is 2.87. The molecule has 1 heteroatoms. The average Bonchev–Trinajstić information content (AvgIpc) is 1.68. The normalized spacial score (nSPS) is 14.0. The Kier molecular flexibility index (Phi) is 5.04. The molecule has 7 heavy (non-hydrogen) atoms. The van der Waals surface area contributed by atoms with E-state index in [4.69, 9.17) is 0 Å². The minimum atomic E-state index is 1.09. The molecule has 0 aliphatic carbocycles. The van der Waals surface area contributed by atoms with Gasteiger partial charge < -0.3 is 0 Å². The second-order valence-electron chi connectivity index (χ2n) is 2.30. The van der Waals surface area contributed by atoms with Crippen molar-refractivity contribution in [1.29, 1.82) is 0 Å². The largest absolute Gasteiger partial charge is 0.216 e. The summed E-state index contributed by atoms with van der Waals surface area (Å²) in [4.78, 5) is 0. The second-order valence-corrected chi connectivity index (χ2v) is 3.94. The Bertz CT molecular complexity index is 35.2. The molecule has 0 fully saturated rings. The molecule has 0 aromatic rings. The molecular formula is C6H15Al. The SMILES string of the molecule is CCC[CH]([AlH2])CC. The molecule has 1 unspecified atom stereocenters. The summed E-state index contributed by atoms with van der Waals surface area (Å²) in [5.41, 5.74) is 0. The van der Waals surface area contributed by atoms with Crippen LogP contribution in [-0.4, -0.2) is 16.3 Å². The standard InChI is InChI=1S/C6H13.Al.2H/c1-3-5-6-4-2;;;/h5H,3-4,6H2,1-2H3;;;. The molecule has 0 saturated carbocycles. The van der Waals surface area contributed by atoms with Crippen LogP contribution in [0.15, 0.2) is 0 Å². The van der Waals surface area contributed by atoms with E-state index in [9.17, 15) is 0 Å². The molecule has 0 radical (unpaired) electrons. The number of rotatable bonds is 3. The average molecular weight is 114 g/mol. The van der Waals surface area contributed by atoms with Crippen LogP contribution < -0.4 is 0 Å². The summed E-state index contributed by atoms with van der Waals surface area (Å²) in [5, 5.41) is 0. The minimum absolute atomic E-state index is 1.09. The van der Waals surface area contributed by atoms with Gasteiger partial charge in [0.05, 0.1) is 0 Å². The zero-order chi connectivity index (χ0) is 5.70. The quantitative estimate of drug-likeness (QED) is 0.489. The van der Waals surface area contributed by atoms with Gasteiger partial charge in [0.2, 0.25) is 16.3 Å². The highest BCUT2D eigenvalue weighted by molar-refractivity contribution is 6.11. The van der Waals surface area contributed by atoms with Gasteiger partial charge in [-0.25, -0.2) is 0 Å². The van der Waals surface area contributed by atoms with E-state index >= 15 is 0 Å². The summed E-state index contributed by atoms with van der Waals surface area (Å²) in [5.74, 6) is 0. The summed E-state index contributed by atoms with van der Waals surface area (Å²) in [7, 11) is 0. The molecule has 0 aliphatic rings. The van der Waals surface area contributed by atoms with Crippen LogP contribution in [0.1, 0.15) is 33.1 Å². The van der Waals surface area contributed by atoms with Gasteiger partial charge in [-0.1, -0.05) is 37.9 Å². The van der Waals surface area contributed by atoms with E-state index in [-0.39, 0.29) is 0 Å². The lowest BCUT2D eigenvalue weighted by Gasteiger charge is -2.02. The van der Waals surface area contributed by atoms with Crippen molar-refractivity contribution in [2.75, 3.05) is 0 Å². The smallest absolute Gasteiger partial charge is 0.0904 e. The van der Waals surface area contributed by atoms with Crippen LogP contribution in [0.25, 0.3) is 0 Å². The zero-order valence-corrected chi connectivity index (χ0v) is 7.70. The topological polar surface area (TPSA) is 0 Å². The van der Waals surface area contributed by atoms with Crippen LogP contribution in [0.5, 0.6) is 0 Å². The van der Waals surface area contributed by atoms with Gasteiger partial charge in [0.15, 0.2) is 0 Å². The maximum Gasteiger partial charge on any atom is 0.216 e. The van der Waals surface area contributed by atoms with Crippen molar-refractivity contribution in [3.05, 3.63) is 0 Å². The summed E-state index contributed by atoms with van der Waals surface area (Å²) < 4.78 is 1.09. The first-order valence-electron chi connectivity index (χ1n) is 3.31. The Morgan fingerprint density at radius 2 is 2.00 bits per heavy atom. The van der Waals surface area contributed by atoms with Crippen LogP contribution in [0.4, 0.5) is 0 Å². The Morgan fingerprint density at radius 1 is 1.43 bits per heavy atom. The molecule has 0 bridgehead atoms. The predicted octanol–water partition coefficient (Wildman–Crippen LogP) is 1.62. The summed E-state index contributed by atoms with van der Waals surface area (Å²) in [6, 6.07) is 0. The molecule has 0 N–H and O–H groups in total. The van der Waals surface area contributed by atoms with Gasteiger partial charge in [0.25, 0.3) is 0 Å². The molecule has 0 amide bonds. The molecule has 0 saturated heterocycles. The van der Waals surface area contributed by atoms with Crippen molar-refractivity contribution < 1.29 is 0 Å². The molecule has 1 atom stereocenters. The maximum absolute atomic E-state index is 2.29. The van der Waals surface area contributed by atoms with Gasteiger partial charge in [0, 0.05) is 0 Å². The monoisotopic (exact) mass is 114 g/mol. The molecule has 0 spiro atoms. The number of hydrogen-bond donors (Lipinski definition) is 0. The Hall–Kier alpha value is 0.532. The Balaban J connectivity index is 2.83. The lowest BCUT2D eigenvalue weighted by molar-refractivity contribution is 0.700. The van der Waals surface area contributed by atoms with E-state index in [2.05, 4.69) is 13.8 Å². The first-order chi connectivity index (χ1) is 3.31. The lowest BCUT2D eigenvalue weighted by atomic mass is 10.2. The lowest BCUT2D eigenvalue weighted by Crippen LogP contribution is -1.86. The van der Waals surface area contributed by atoms with Gasteiger partial charge in [-0.2, -0.15) is 0 Å². The first kappa shape index (κ1) is 7.53. The Morgan fingerprint density at radius 3 is 2.14 bits per heavy atom. The van der Waals surface area contributed by atoms with E-state index in [1.54, 1.807) is 0 Å². The molecule has 0 heterocycles. The van der Waals surface area contributed by atoms with Crippen LogP contribution in [0, 0.1) is 0 Å². The number of hydrogen-bond acceptors (Lipinski definition) is 0. The fourth-order valence-corrected chi connectivity index (χ4v) is 1.27. The highest BCUT2D eigenvalue weighted by atomic mass is 27.0. The van der Waals surface area contributed by atoms with Gasteiger partial charge in [-0.15, -0.1) is 0 Å². The maximum atomic E-state index is 2.29. The van der Waals surface area contributed by atoms with E-state index in [1.807, 2.05) is 0 Å². The third-order valence-electron chi connectivity index (χ3n) is 1.48. The first-order valence-corrected chi connectivity index (χ1v) is 4.46. The van der Waals surface area contributed by atoms with Gasteiger partial charge in [0.1, 0.15) is 0 Å². The molecule has 42 valence electrons. The van der Waals surface area contributed by atoms with E-state index < -0.39 is 0 Å². The summed E-state index contributed by atoms with van der Waals surface area (Å²) >= 11 is 1.40. The van der Waals surface area contributed by atoms with Crippen molar-refractivity contribution >= 4 is 16.3 Å². The molecular weight excluding hydrogens is 99.0 g/mol. The van der Waals surface area contributed by atoms with Crippen molar-refractivity contribution in [2.45, 2.75) is 37.9 Å². The van der Waals surface area contributed by atoms with E-state index in [0.29, 0.717) is 0 Å². The molecule has 0 aromatic carbocycles. The zero-order valence-electron chi connectivity index (χ0n) is 5.70. The van der Waals surface area contributed by atoms with Crippen molar-refractivity contribution in [1.82, 2.24) is 0 Å². The second kappa shape index (κ2) is 4.69. The van der Waals surface area contributed by atoms with Crippen LogP contribution in [-0.2, 0) is 0 Å². The fourth-order valence-electron chi connectivity index (χ4n) is 0.697. The predicted molar refractivity (Wildman–Crippen MR) is 37.5 cm³/mol. The van der Waals surface area contributed by atoms with Crippen molar-refractivity contribution in [2.24, 2.45) is 0 Å². The summed E-state index contributed by atoms with van der Waals surface area (Å²) in [6.45, 7) is 4.55. The molecule has 0 aliphatic heterocycles. The third kappa shape index (κ3) is 4.38. The van der Waals surface area contributed by atoms with E-state index in [0.717, 1.165) is 4.78 Å². The minimum Gasteiger partial charge on any atom is -0.0904 e. The van der Waals surface area contributed by atoms with Crippen LogP contribution in [0.3, 0.4) is 0 Å². The highest BCUT2D eigenvalue weighted by Crippen LogP contribution is 2.10. The van der Waals surface area contributed by atoms with Crippen molar-refractivity contribution in [3.63, 3.8) is 0 Å². The molecule has 0 nitrogen and oxygen atoms in total. The summed E-state index contributed by atoms with van der Waals surface area (Å²) in [6.07, 6.45) is 4.24. The van der Waals surface area contributed by atoms with Gasteiger partial charge >= 0.3 is 0 Å². The Labute approximate surface area is 54.7 Å². The molecule has 0 aromatic heterocycles. The fraction of sp³-hybridized carbons (Fsp3) is 1.00. The van der Waals surface area contributed by atoms with Crippen LogP contribution >= 0.6 is 0 Å². The van der Waals surface area contributed by atoms with Crippen LogP contribution in [0.2, 0.25) is 4.78 Å². The highest BCUT2D eigenvalue weighted by Gasteiger charge is 1.93. The van der Waals surface area contributed by atoms with Crippen molar-refractivity contribution in [3.8, 4) is 0 Å². The van der Waals surface area contributed by atoms with Gasteiger partial charge in [-0.3, -0.25) is 0 Å². The molecule has 0 rings (SSSR count).